The first-order valence-electron chi connectivity index (χ1n) is 6.09. The maximum Gasteiger partial charge on any atom is 0.158 e. The molecule has 6 heteroatoms. The maximum atomic E-state index is 13.2. The molecule has 1 fully saturated rings. The minimum absolute atomic E-state index is 0.284. The van der Waals surface area contributed by atoms with Crippen LogP contribution in [0.25, 0.3) is 5.69 Å². The van der Waals surface area contributed by atoms with E-state index in [0.717, 1.165) is 25.2 Å². The third-order valence-electron chi connectivity index (χ3n) is 3.18. The molecule has 1 atom stereocenters. The highest BCUT2D eigenvalue weighted by Crippen LogP contribution is 2.14. The van der Waals surface area contributed by atoms with Crippen molar-refractivity contribution in [3.63, 3.8) is 0 Å². The smallest absolute Gasteiger partial charge is 0.158 e. The van der Waals surface area contributed by atoms with E-state index in [4.69, 9.17) is 0 Å². The van der Waals surface area contributed by atoms with E-state index in [1.807, 2.05) is 0 Å². The summed E-state index contributed by atoms with van der Waals surface area (Å²) < 4.78 is 14.8. The predicted molar refractivity (Wildman–Crippen MR) is 63.8 cm³/mol. The van der Waals surface area contributed by atoms with Gasteiger partial charge in [0.1, 0.15) is 5.82 Å². The maximum absolute atomic E-state index is 13.2. The van der Waals surface area contributed by atoms with Gasteiger partial charge >= 0.3 is 0 Å². The summed E-state index contributed by atoms with van der Waals surface area (Å²) in [6, 6.07) is 6.71. The van der Waals surface area contributed by atoms with Gasteiger partial charge in [-0.25, -0.2) is 4.39 Å². The second-order valence-corrected chi connectivity index (χ2v) is 4.48. The first kappa shape index (κ1) is 11.3. The van der Waals surface area contributed by atoms with Gasteiger partial charge in [-0.15, -0.1) is 5.10 Å². The first-order valence-corrected chi connectivity index (χ1v) is 6.09. The summed E-state index contributed by atoms with van der Waals surface area (Å²) in [4.78, 5) is 0. The molecule has 1 unspecified atom stereocenters. The number of hydrogen-bond donors (Lipinski definition) is 1. The highest BCUT2D eigenvalue weighted by atomic mass is 19.1. The van der Waals surface area contributed by atoms with Crippen molar-refractivity contribution in [2.75, 3.05) is 6.54 Å². The lowest BCUT2D eigenvalue weighted by molar-refractivity contribution is 0.574. The van der Waals surface area contributed by atoms with E-state index >= 15 is 0 Å². The van der Waals surface area contributed by atoms with Crippen LogP contribution in [0.2, 0.25) is 0 Å². The van der Waals surface area contributed by atoms with Crippen LogP contribution in [-0.4, -0.2) is 32.8 Å². The van der Waals surface area contributed by atoms with Crippen molar-refractivity contribution in [3.05, 3.63) is 35.9 Å². The summed E-state index contributed by atoms with van der Waals surface area (Å²) in [6.45, 7) is 1.05. The minimum Gasteiger partial charge on any atom is -0.314 e. The summed E-state index contributed by atoms with van der Waals surface area (Å²) >= 11 is 0. The number of nitrogens with zero attached hydrogens (tertiary/aromatic N) is 4. The molecule has 2 heterocycles. The second kappa shape index (κ2) is 4.81. The topological polar surface area (TPSA) is 55.6 Å². The van der Waals surface area contributed by atoms with Crippen LogP contribution < -0.4 is 5.32 Å². The molecule has 1 aliphatic rings. The summed E-state index contributed by atoms with van der Waals surface area (Å²) in [5, 5.41) is 15.0. The summed E-state index contributed by atoms with van der Waals surface area (Å²) in [5.41, 5.74) is 0.660. The van der Waals surface area contributed by atoms with E-state index in [-0.39, 0.29) is 5.82 Å². The lowest BCUT2D eigenvalue weighted by Gasteiger charge is -2.09. The lowest BCUT2D eigenvalue weighted by atomic mass is 10.1. The van der Waals surface area contributed by atoms with Gasteiger partial charge in [-0.3, -0.25) is 0 Å². The molecule has 0 saturated carbocycles. The minimum atomic E-state index is -0.284. The van der Waals surface area contributed by atoms with Crippen LogP contribution in [0, 0.1) is 5.82 Å². The van der Waals surface area contributed by atoms with E-state index in [1.54, 1.807) is 16.8 Å². The molecule has 0 spiro atoms. The Morgan fingerprint density at radius 2 is 2.39 bits per heavy atom. The van der Waals surface area contributed by atoms with Crippen molar-refractivity contribution < 1.29 is 4.39 Å². The average Bonchev–Trinajstić information content (AvgIpc) is 3.01. The SMILES string of the molecule is Fc1cccc(-n2nnnc2CC2CCCN2)c1. The molecule has 0 radical (unpaired) electrons. The molecule has 2 aromatic rings. The predicted octanol–water partition coefficient (Wildman–Crippen LogP) is 1.10. The van der Waals surface area contributed by atoms with Crippen LogP contribution >= 0.6 is 0 Å². The van der Waals surface area contributed by atoms with Gasteiger partial charge in [0.05, 0.1) is 5.69 Å². The summed E-state index contributed by atoms with van der Waals surface area (Å²) in [6.07, 6.45) is 3.09. The third kappa shape index (κ3) is 2.24. The number of aromatic nitrogens is 4. The normalized spacial score (nSPS) is 19.3. The van der Waals surface area contributed by atoms with Crippen molar-refractivity contribution >= 4 is 0 Å². The zero-order valence-corrected chi connectivity index (χ0v) is 9.88. The highest BCUT2D eigenvalue weighted by molar-refractivity contribution is 5.31. The fourth-order valence-corrected chi connectivity index (χ4v) is 2.29. The molecular formula is C12H14FN5. The fraction of sp³-hybridized carbons (Fsp3) is 0.417. The van der Waals surface area contributed by atoms with E-state index in [2.05, 4.69) is 20.8 Å². The molecule has 94 valence electrons. The third-order valence-corrected chi connectivity index (χ3v) is 3.18. The van der Waals surface area contributed by atoms with Crippen molar-refractivity contribution in [1.82, 2.24) is 25.5 Å². The number of nitrogens with one attached hydrogen (secondary N) is 1. The summed E-state index contributed by atoms with van der Waals surface area (Å²) in [5.74, 6) is 0.480. The van der Waals surface area contributed by atoms with Gasteiger partial charge in [0.15, 0.2) is 5.82 Å². The quantitative estimate of drug-likeness (QED) is 0.882. The van der Waals surface area contributed by atoms with Gasteiger partial charge in [-0.05, 0) is 48.0 Å². The number of halogens is 1. The molecule has 1 aromatic carbocycles. The first-order chi connectivity index (χ1) is 8.83. The van der Waals surface area contributed by atoms with Crippen molar-refractivity contribution in [2.45, 2.75) is 25.3 Å². The van der Waals surface area contributed by atoms with Crippen LogP contribution in [0.4, 0.5) is 4.39 Å². The Labute approximate surface area is 104 Å². The Kier molecular flexibility index (Phi) is 3.02. The number of tetrazole rings is 1. The molecule has 1 saturated heterocycles. The monoisotopic (exact) mass is 247 g/mol. The standard InChI is InChI=1S/C12H14FN5/c13-9-3-1-5-11(7-9)18-12(15-16-17-18)8-10-4-2-6-14-10/h1,3,5,7,10,14H,2,4,6,8H2. The number of rotatable bonds is 3. The van der Waals surface area contributed by atoms with Gasteiger partial charge in [-0.2, -0.15) is 4.68 Å². The van der Waals surface area contributed by atoms with Crippen molar-refractivity contribution in [3.8, 4) is 5.69 Å². The Bertz CT molecular complexity index is 533. The van der Waals surface area contributed by atoms with E-state index in [1.165, 1.54) is 18.6 Å². The summed E-state index contributed by atoms with van der Waals surface area (Å²) in [7, 11) is 0. The van der Waals surface area contributed by atoms with Crippen LogP contribution in [0.5, 0.6) is 0 Å². The van der Waals surface area contributed by atoms with Crippen LogP contribution in [-0.2, 0) is 6.42 Å². The molecule has 3 rings (SSSR count). The van der Waals surface area contributed by atoms with Gasteiger partial charge in [0, 0.05) is 12.5 Å². The van der Waals surface area contributed by atoms with Crippen LogP contribution in [0.15, 0.2) is 24.3 Å². The van der Waals surface area contributed by atoms with E-state index in [9.17, 15) is 4.39 Å². The van der Waals surface area contributed by atoms with Crippen LogP contribution in [0.3, 0.4) is 0 Å². The zero-order valence-electron chi connectivity index (χ0n) is 9.88. The Balaban J connectivity index is 1.86. The molecule has 1 aliphatic heterocycles. The molecule has 5 nitrogen and oxygen atoms in total. The molecule has 18 heavy (non-hydrogen) atoms. The lowest BCUT2D eigenvalue weighted by Crippen LogP contribution is -2.25. The number of hydrogen-bond acceptors (Lipinski definition) is 4. The van der Waals surface area contributed by atoms with E-state index in [0.29, 0.717) is 11.7 Å². The van der Waals surface area contributed by atoms with Gasteiger partial charge in [0.25, 0.3) is 0 Å². The molecule has 0 bridgehead atoms. The Morgan fingerprint density at radius 1 is 1.44 bits per heavy atom. The fourth-order valence-electron chi connectivity index (χ4n) is 2.29. The highest BCUT2D eigenvalue weighted by Gasteiger charge is 2.18. The van der Waals surface area contributed by atoms with Crippen molar-refractivity contribution in [1.29, 1.82) is 0 Å². The second-order valence-electron chi connectivity index (χ2n) is 4.48. The molecule has 0 amide bonds. The van der Waals surface area contributed by atoms with Crippen molar-refractivity contribution in [2.24, 2.45) is 0 Å². The zero-order chi connectivity index (χ0) is 12.4. The molecule has 1 aromatic heterocycles. The Hall–Kier alpha value is -1.82. The Morgan fingerprint density at radius 3 is 3.17 bits per heavy atom. The van der Waals surface area contributed by atoms with Gasteiger partial charge < -0.3 is 5.32 Å². The van der Waals surface area contributed by atoms with Crippen LogP contribution in [0.1, 0.15) is 18.7 Å². The largest absolute Gasteiger partial charge is 0.314 e. The average molecular weight is 247 g/mol. The number of benzene rings is 1. The molecular weight excluding hydrogens is 233 g/mol. The van der Waals surface area contributed by atoms with E-state index < -0.39 is 0 Å². The van der Waals surface area contributed by atoms with Gasteiger partial charge in [0.2, 0.25) is 0 Å². The van der Waals surface area contributed by atoms with Gasteiger partial charge in [-0.1, -0.05) is 6.07 Å². The molecule has 1 N–H and O–H groups in total. The molecule has 0 aliphatic carbocycles.